The topological polar surface area (TPSA) is 16.1 Å². The first-order chi connectivity index (χ1) is 10.2. The third-order valence-corrected chi connectivity index (χ3v) is 4.07. The van der Waals surface area contributed by atoms with Crippen molar-refractivity contribution in [1.29, 1.82) is 0 Å². The third kappa shape index (κ3) is 3.27. The molecule has 1 aliphatic heterocycles. The van der Waals surface area contributed by atoms with Crippen LogP contribution in [-0.2, 0) is 6.54 Å². The molecule has 1 aromatic carbocycles. The van der Waals surface area contributed by atoms with Crippen LogP contribution < -0.4 is 0 Å². The second-order valence-electron chi connectivity index (χ2n) is 5.50. The van der Waals surface area contributed by atoms with Crippen LogP contribution in [0.15, 0.2) is 42.7 Å². The third-order valence-electron chi connectivity index (χ3n) is 4.07. The molecule has 1 atom stereocenters. The molecule has 1 aliphatic rings. The maximum Gasteiger partial charge on any atom is 0.130 e. The number of rotatable bonds is 3. The van der Waals surface area contributed by atoms with Crippen LogP contribution in [0.3, 0.4) is 0 Å². The summed E-state index contributed by atoms with van der Waals surface area (Å²) in [4.78, 5) is 6.44. The Bertz CT molecular complexity index is 601. The predicted octanol–water partition coefficient (Wildman–Crippen LogP) is 4.09. The quantitative estimate of drug-likeness (QED) is 0.845. The van der Waals surface area contributed by atoms with Gasteiger partial charge in [-0.25, -0.2) is 8.78 Å². The van der Waals surface area contributed by atoms with Gasteiger partial charge in [-0.3, -0.25) is 9.88 Å². The van der Waals surface area contributed by atoms with E-state index in [0.29, 0.717) is 12.1 Å². The molecule has 110 valence electrons. The predicted molar refractivity (Wildman–Crippen MR) is 77.6 cm³/mol. The number of likely N-dealkylation sites (tertiary alicyclic amines) is 1. The smallest absolute Gasteiger partial charge is 0.130 e. The molecule has 2 nitrogen and oxygen atoms in total. The minimum Gasteiger partial charge on any atom is -0.292 e. The van der Waals surface area contributed by atoms with Crippen molar-refractivity contribution in [2.75, 3.05) is 6.54 Å². The van der Waals surface area contributed by atoms with Gasteiger partial charge < -0.3 is 0 Å². The van der Waals surface area contributed by atoms with Crippen molar-refractivity contribution < 1.29 is 8.78 Å². The summed E-state index contributed by atoms with van der Waals surface area (Å²) in [6.45, 7) is 1.43. The Morgan fingerprint density at radius 2 is 2.10 bits per heavy atom. The first-order valence-electron chi connectivity index (χ1n) is 7.32. The lowest BCUT2D eigenvalue weighted by Gasteiger charge is -2.36. The van der Waals surface area contributed by atoms with Crippen LogP contribution in [0.1, 0.15) is 36.4 Å². The van der Waals surface area contributed by atoms with Gasteiger partial charge in [0, 0.05) is 36.6 Å². The molecule has 21 heavy (non-hydrogen) atoms. The van der Waals surface area contributed by atoms with Crippen molar-refractivity contribution in [2.45, 2.75) is 31.8 Å². The average Bonchev–Trinajstić information content (AvgIpc) is 2.51. The molecule has 3 rings (SSSR count). The zero-order valence-electron chi connectivity index (χ0n) is 11.8. The van der Waals surface area contributed by atoms with E-state index in [1.165, 1.54) is 18.1 Å². The molecule has 2 aromatic rings. The maximum atomic E-state index is 13.9. The lowest BCUT2D eigenvalue weighted by Crippen LogP contribution is -2.33. The number of nitrogens with zero attached hydrogens (tertiary/aromatic N) is 2. The van der Waals surface area contributed by atoms with Gasteiger partial charge in [0.25, 0.3) is 0 Å². The molecule has 1 aromatic heterocycles. The van der Waals surface area contributed by atoms with Crippen LogP contribution in [0.4, 0.5) is 8.78 Å². The number of piperidine rings is 1. The lowest BCUT2D eigenvalue weighted by molar-refractivity contribution is 0.138. The molecule has 1 saturated heterocycles. The molecule has 0 spiro atoms. The second-order valence-corrected chi connectivity index (χ2v) is 5.50. The molecule has 0 bridgehead atoms. The monoisotopic (exact) mass is 288 g/mol. The Balaban J connectivity index is 1.81. The van der Waals surface area contributed by atoms with Crippen molar-refractivity contribution in [3.8, 4) is 0 Å². The van der Waals surface area contributed by atoms with Crippen molar-refractivity contribution in [1.82, 2.24) is 9.88 Å². The SMILES string of the molecule is Fc1ccc(CN2CCCCC2c2cccnc2)c(F)c1. The fraction of sp³-hybridized carbons (Fsp3) is 0.353. The highest BCUT2D eigenvalue weighted by Gasteiger charge is 2.24. The van der Waals surface area contributed by atoms with Gasteiger partial charge in [-0.1, -0.05) is 18.6 Å². The van der Waals surface area contributed by atoms with Gasteiger partial charge in [-0.05, 0) is 37.1 Å². The summed E-state index contributed by atoms with van der Waals surface area (Å²) < 4.78 is 26.9. The number of halogens is 2. The van der Waals surface area contributed by atoms with E-state index in [1.807, 2.05) is 12.3 Å². The molecule has 1 unspecified atom stereocenters. The van der Waals surface area contributed by atoms with Gasteiger partial charge in [0.2, 0.25) is 0 Å². The van der Waals surface area contributed by atoms with Gasteiger partial charge in [0.15, 0.2) is 0 Å². The first kappa shape index (κ1) is 14.1. The largest absolute Gasteiger partial charge is 0.292 e. The van der Waals surface area contributed by atoms with Gasteiger partial charge in [-0.15, -0.1) is 0 Å². The molecule has 0 saturated carbocycles. The highest BCUT2D eigenvalue weighted by atomic mass is 19.1. The maximum absolute atomic E-state index is 13.9. The van der Waals surface area contributed by atoms with Crippen molar-refractivity contribution >= 4 is 0 Å². The zero-order chi connectivity index (χ0) is 14.7. The number of hydrogen-bond acceptors (Lipinski definition) is 2. The fourth-order valence-electron chi connectivity index (χ4n) is 3.00. The van der Waals surface area contributed by atoms with E-state index in [2.05, 4.69) is 16.0 Å². The minimum absolute atomic E-state index is 0.261. The minimum atomic E-state index is -0.529. The first-order valence-corrected chi connectivity index (χ1v) is 7.32. The number of hydrogen-bond donors (Lipinski definition) is 0. The zero-order valence-corrected chi connectivity index (χ0v) is 11.8. The Morgan fingerprint density at radius 1 is 1.19 bits per heavy atom. The second kappa shape index (κ2) is 6.31. The number of aromatic nitrogens is 1. The molecule has 1 fully saturated rings. The Morgan fingerprint density at radius 3 is 2.86 bits per heavy atom. The Labute approximate surface area is 123 Å². The van der Waals surface area contributed by atoms with Crippen LogP contribution in [0, 0.1) is 11.6 Å². The lowest BCUT2D eigenvalue weighted by atomic mass is 9.95. The van der Waals surface area contributed by atoms with E-state index in [-0.39, 0.29) is 6.04 Å². The van der Waals surface area contributed by atoms with Gasteiger partial charge in [-0.2, -0.15) is 0 Å². The molecular formula is C17H18F2N2. The Kier molecular flexibility index (Phi) is 4.25. The highest BCUT2D eigenvalue weighted by molar-refractivity contribution is 5.20. The van der Waals surface area contributed by atoms with E-state index in [9.17, 15) is 8.78 Å². The molecule has 0 N–H and O–H groups in total. The molecule has 0 aliphatic carbocycles. The fourth-order valence-corrected chi connectivity index (χ4v) is 3.00. The number of benzene rings is 1. The highest BCUT2D eigenvalue weighted by Crippen LogP contribution is 2.32. The van der Waals surface area contributed by atoms with Crippen LogP contribution in [0.5, 0.6) is 0 Å². The molecule has 0 amide bonds. The molecule has 4 heteroatoms. The van der Waals surface area contributed by atoms with Crippen molar-refractivity contribution in [2.24, 2.45) is 0 Å². The van der Waals surface area contributed by atoms with Crippen LogP contribution in [0.2, 0.25) is 0 Å². The van der Waals surface area contributed by atoms with Crippen molar-refractivity contribution in [3.63, 3.8) is 0 Å². The van der Waals surface area contributed by atoms with E-state index < -0.39 is 11.6 Å². The van der Waals surface area contributed by atoms with Crippen LogP contribution in [-0.4, -0.2) is 16.4 Å². The number of pyridine rings is 1. The van der Waals surface area contributed by atoms with E-state index in [0.717, 1.165) is 25.5 Å². The van der Waals surface area contributed by atoms with Crippen LogP contribution >= 0.6 is 0 Å². The summed E-state index contributed by atoms with van der Waals surface area (Å²) in [6, 6.07) is 8.08. The molecule has 2 heterocycles. The normalized spacial score (nSPS) is 19.6. The molecule has 0 radical (unpaired) electrons. The summed E-state index contributed by atoms with van der Waals surface area (Å²) in [5, 5.41) is 0. The summed E-state index contributed by atoms with van der Waals surface area (Å²) in [6.07, 6.45) is 6.97. The Hall–Kier alpha value is -1.81. The summed E-state index contributed by atoms with van der Waals surface area (Å²) in [7, 11) is 0. The van der Waals surface area contributed by atoms with Gasteiger partial charge in [0.05, 0.1) is 0 Å². The van der Waals surface area contributed by atoms with Gasteiger partial charge >= 0.3 is 0 Å². The van der Waals surface area contributed by atoms with Gasteiger partial charge in [0.1, 0.15) is 11.6 Å². The summed E-state index contributed by atoms with van der Waals surface area (Å²) in [5.74, 6) is -0.996. The van der Waals surface area contributed by atoms with Crippen molar-refractivity contribution in [3.05, 3.63) is 65.5 Å². The summed E-state index contributed by atoms with van der Waals surface area (Å²) >= 11 is 0. The van der Waals surface area contributed by atoms with E-state index in [4.69, 9.17) is 0 Å². The average molecular weight is 288 g/mol. The van der Waals surface area contributed by atoms with Crippen LogP contribution in [0.25, 0.3) is 0 Å². The van der Waals surface area contributed by atoms with E-state index in [1.54, 1.807) is 12.3 Å². The van der Waals surface area contributed by atoms with E-state index >= 15 is 0 Å². The molecular weight excluding hydrogens is 270 g/mol. The standard InChI is InChI=1S/C17H18F2N2/c18-15-7-6-14(16(19)10-15)12-21-9-2-1-5-17(21)13-4-3-8-20-11-13/h3-4,6-8,10-11,17H,1-2,5,9,12H2. The summed E-state index contributed by atoms with van der Waals surface area (Å²) in [5.41, 5.74) is 1.71.